The van der Waals surface area contributed by atoms with Gasteiger partial charge in [0, 0.05) is 13.1 Å². The maximum atomic E-state index is 3.91. The van der Waals surface area contributed by atoms with Gasteiger partial charge in [-0.25, -0.2) is 4.99 Å². The fraction of sp³-hybridized carbons (Fsp3) is 0.750. The van der Waals surface area contributed by atoms with Crippen molar-refractivity contribution in [3.05, 3.63) is 0 Å². The monoisotopic (exact) mass is 155 g/mol. The highest BCUT2D eigenvalue weighted by molar-refractivity contribution is 5.84. The third-order valence-electron chi connectivity index (χ3n) is 1.46. The van der Waals surface area contributed by atoms with Gasteiger partial charge in [0.2, 0.25) is 5.96 Å². The van der Waals surface area contributed by atoms with Gasteiger partial charge in [-0.1, -0.05) is 13.3 Å². The third kappa shape index (κ3) is 4.53. The van der Waals surface area contributed by atoms with E-state index in [1.165, 1.54) is 6.42 Å². The van der Waals surface area contributed by atoms with Crippen LogP contribution in [-0.4, -0.2) is 25.8 Å². The standard InChI is InChI=1S/C8H17N3/c1-5-6-7(2)11-8(9-3)10-4/h7H,3,5-6H2,1-2,4H3,(H,10,11)/t7-/m0/s1. The Labute approximate surface area is 68.6 Å². The minimum absolute atomic E-state index is 0.434. The van der Waals surface area contributed by atoms with Crippen LogP contribution in [0.2, 0.25) is 0 Å². The molecule has 0 heterocycles. The third-order valence-corrected chi connectivity index (χ3v) is 1.46. The molecule has 0 bridgehead atoms. The van der Waals surface area contributed by atoms with Crippen molar-refractivity contribution >= 4 is 12.7 Å². The molecule has 0 unspecified atom stereocenters. The van der Waals surface area contributed by atoms with Crippen molar-refractivity contribution in [3.63, 3.8) is 0 Å². The first kappa shape index (κ1) is 10.1. The summed E-state index contributed by atoms with van der Waals surface area (Å²) in [6.45, 7) is 7.67. The molecule has 0 aliphatic carbocycles. The lowest BCUT2D eigenvalue weighted by molar-refractivity contribution is 0.594. The van der Waals surface area contributed by atoms with Crippen LogP contribution in [0.3, 0.4) is 0 Å². The summed E-state index contributed by atoms with van der Waals surface area (Å²) >= 11 is 0. The highest BCUT2D eigenvalue weighted by Crippen LogP contribution is 1.94. The van der Waals surface area contributed by atoms with Crippen molar-refractivity contribution in [2.24, 2.45) is 9.98 Å². The molecular weight excluding hydrogens is 138 g/mol. The predicted molar refractivity (Wildman–Crippen MR) is 50.4 cm³/mol. The average Bonchev–Trinajstić information content (AvgIpc) is 2.01. The minimum Gasteiger partial charge on any atom is -0.352 e. The lowest BCUT2D eigenvalue weighted by Crippen LogP contribution is -2.30. The predicted octanol–water partition coefficient (Wildman–Crippen LogP) is 1.45. The first-order valence-corrected chi connectivity index (χ1v) is 3.94. The molecule has 0 fully saturated rings. The van der Waals surface area contributed by atoms with Gasteiger partial charge in [0.15, 0.2) is 0 Å². The molecule has 3 heteroatoms. The molecule has 0 saturated carbocycles. The zero-order valence-electron chi connectivity index (χ0n) is 7.59. The van der Waals surface area contributed by atoms with Crippen molar-refractivity contribution in [1.29, 1.82) is 0 Å². The molecule has 64 valence electrons. The highest BCUT2D eigenvalue weighted by atomic mass is 15.1. The largest absolute Gasteiger partial charge is 0.352 e. The van der Waals surface area contributed by atoms with Crippen LogP contribution in [-0.2, 0) is 0 Å². The van der Waals surface area contributed by atoms with Crippen LogP contribution in [0.15, 0.2) is 9.98 Å². The fourth-order valence-electron chi connectivity index (χ4n) is 0.906. The maximum absolute atomic E-state index is 3.91. The van der Waals surface area contributed by atoms with Crippen molar-refractivity contribution in [1.82, 2.24) is 5.32 Å². The van der Waals surface area contributed by atoms with Crippen LogP contribution in [0.25, 0.3) is 0 Å². The van der Waals surface area contributed by atoms with Gasteiger partial charge in [-0.15, -0.1) is 0 Å². The first-order chi connectivity index (χ1) is 5.24. The Morgan fingerprint density at radius 3 is 2.64 bits per heavy atom. The summed E-state index contributed by atoms with van der Waals surface area (Å²) in [5.74, 6) is 0.631. The zero-order chi connectivity index (χ0) is 8.69. The summed E-state index contributed by atoms with van der Waals surface area (Å²) < 4.78 is 0. The Bertz CT molecular complexity index is 140. The molecule has 1 atom stereocenters. The second kappa shape index (κ2) is 5.89. The molecule has 0 aromatic heterocycles. The fourth-order valence-corrected chi connectivity index (χ4v) is 0.906. The van der Waals surface area contributed by atoms with Crippen molar-refractivity contribution in [2.45, 2.75) is 32.7 Å². The molecule has 0 aliphatic rings. The van der Waals surface area contributed by atoms with E-state index in [2.05, 4.69) is 35.9 Å². The van der Waals surface area contributed by atoms with E-state index in [1.54, 1.807) is 7.05 Å². The number of guanidine groups is 1. The smallest absolute Gasteiger partial charge is 0.217 e. The molecule has 0 rings (SSSR count). The van der Waals surface area contributed by atoms with Crippen LogP contribution >= 0.6 is 0 Å². The molecule has 3 nitrogen and oxygen atoms in total. The van der Waals surface area contributed by atoms with Gasteiger partial charge in [-0.2, -0.15) is 0 Å². The number of hydrogen-bond donors (Lipinski definition) is 1. The van der Waals surface area contributed by atoms with E-state index >= 15 is 0 Å². The molecule has 0 spiro atoms. The van der Waals surface area contributed by atoms with Crippen LogP contribution in [0.1, 0.15) is 26.7 Å². The normalized spacial score (nSPS) is 14.3. The maximum Gasteiger partial charge on any atom is 0.217 e. The van der Waals surface area contributed by atoms with Gasteiger partial charge in [0.1, 0.15) is 0 Å². The van der Waals surface area contributed by atoms with Gasteiger partial charge in [-0.3, -0.25) is 4.99 Å². The van der Waals surface area contributed by atoms with Crippen molar-refractivity contribution < 1.29 is 0 Å². The Morgan fingerprint density at radius 2 is 2.27 bits per heavy atom. The Hall–Kier alpha value is -0.860. The van der Waals surface area contributed by atoms with Gasteiger partial charge in [0.05, 0.1) is 0 Å². The van der Waals surface area contributed by atoms with E-state index in [-0.39, 0.29) is 0 Å². The van der Waals surface area contributed by atoms with Crippen LogP contribution in [0.5, 0.6) is 0 Å². The molecule has 0 aromatic rings. The molecular formula is C8H17N3. The number of hydrogen-bond acceptors (Lipinski definition) is 1. The van der Waals surface area contributed by atoms with E-state index < -0.39 is 0 Å². The van der Waals surface area contributed by atoms with E-state index in [0.717, 1.165) is 6.42 Å². The molecule has 0 aromatic carbocycles. The average molecular weight is 155 g/mol. The number of nitrogens with zero attached hydrogens (tertiary/aromatic N) is 2. The van der Waals surface area contributed by atoms with E-state index in [9.17, 15) is 0 Å². The van der Waals surface area contributed by atoms with Crippen LogP contribution < -0.4 is 5.32 Å². The van der Waals surface area contributed by atoms with Crippen molar-refractivity contribution in [3.8, 4) is 0 Å². The molecule has 1 N–H and O–H groups in total. The van der Waals surface area contributed by atoms with Gasteiger partial charge < -0.3 is 5.32 Å². The summed E-state index contributed by atoms with van der Waals surface area (Å²) in [6.07, 6.45) is 2.30. The van der Waals surface area contributed by atoms with E-state index in [4.69, 9.17) is 0 Å². The molecule has 0 amide bonds. The second-order valence-electron chi connectivity index (χ2n) is 2.54. The number of rotatable bonds is 3. The van der Waals surface area contributed by atoms with E-state index in [0.29, 0.717) is 12.0 Å². The lowest BCUT2D eigenvalue weighted by Gasteiger charge is -2.11. The summed E-state index contributed by atoms with van der Waals surface area (Å²) in [4.78, 5) is 7.62. The molecule has 0 radical (unpaired) electrons. The summed E-state index contributed by atoms with van der Waals surface area (Å²) in [7, 11) is 1.70. The Kier molecular flexibility index (Phi) is 5.43. The molecule has 0 saturated heterocycles. The SMILES string of the molecule is C=N/C(=N\C)N[C@@H](C)CCC. The van der Waals surface area contributed by atoms with Gasteiger partial charge in [0.25, 0.3) is 0 Å². The highest BCUT2D eigenvalue weighted by Gasteiger charge is 2.00. The van der Waals surface area contributed by atoms with E-state index in [1.807, 2.05) is 0 Å². The Balaban J connectivity index is 3.72. The van der Waals surface area contributed by atoms with Gasteiger partial charge >= 0.3 is 0 Å². The summed E-state index contributed by atoms with van der Waals surface area (Å²) in [6, 6.07) is 0.434. The molecule has 11 heavy (non-hydrogen) atoms. The summed E-state index contributed by atoms with van der Waals surface area (Å²) in [5, 5.41) is 3.14. The van der Waals surface area contributed by atoms with Gasteiger partial charge in [-0.05, 0) is 20.1 Å². The quantitative estimate of drug-likeness (QED) is 0.486. The molecule has 0 aliphatic heterocycles. The van der Waals surface area contributed by atoms with Crippen LogP contribution in [0.4, 0.5) is 0 Å². The van der Waals surface area contributed by atoms with Crippen molar-refractivity contribution in [2.75, 3.05) is 7.05 Å². The number of nitrogens with one attached hydrogen (secondary N) is 1. The summed E-state index contributed by atoms with van der Waals surface area (Å²) in [5.41, 5.74) is 0. The van der Waals surface area contributed by atoms with Crippen LogP contribution in [0, 0.1) is 0 Å². The lowest BCUT2D eigenvalue weighted by atomic mass is 10.2. The Morgan fingerprint density at radius 1 is 1.64 bits per heavy atom. The minimum atomic E-state index is 0.434. The number of aliphatic imine (C=N–C) groups is 2. The second-order valence-corrected chi connectivity index (χ2v) is 2.54. The topological polar surface area (TPSA) is 36.8 Å². The first-order valence-electron chi connectivity index (χ1n) is 3.94. The zero-order valence-corrected chi connectivity index (χ0v) is 7.59.